The van der Waals surface area contributed by atoms with Crippen molar-refractivity contribution in [2.24, 2.45) is 5.73 Å². The number of anilines is 2. The SMILES string of the molecule is NC(=S)c1cc(Cl)ccc1Nc1cc(Cl)c(F)c(Cl)c1. The van der Waals surface area contributed by atoms with E-state index in [1.54, 1.807) is 18.2 Å². The highest BCUT2D eigenvalue weighted by Crippen LogP contribution is 2.30. The smallest absolute Gasteiger partial charge is 0.160 e. The molecule has 0 radical (unpaired) electrons. The predicted molar refractivity (Wildman–Crippen MR) is 87.0 cm³/mol. The Morgan fingerprint density at radius 3 is 2.25 bits per heavy atom. The molecule has 0 heterocycles. The van der Waals surface area contributed by atoms with Crippen LogP contribution >= 0.6 is 47.0 Å². The van der Waals surface area contributed by atoms with Gasteiger partial charge in [-0.1, -0.05) is 47.0 Å². The molecule has 0 fully saturated rings. The molecule has 0 bridgehead atoms. The summed E-state index contributed by atoms with van der Waals surface area (Å²) < 4.78 is 13.4. The van der Waals surface area contributed by atoms with Crippen molar-refractivity contribution in [3.8, 4) is 0 Å². The minimum atomic E-state index is -0.662. The van der Waals surface area contributed by atoms with Crippen LogP contribution in [0.4, 0.5) is 15.8 Å². The van der Waals surface area contributed by atoms with Gasteiger partial charge in [-0.3, -0.25) is 0 Å². The van der Waals surface area contributed by atoms with Crippen molar-refractivity contribution in [2.75, 3.05) is 5.32 Å². The summed E-state index contributed by atoms with van der Waals surface area (Å²) in [4.78, 5) is 0.189. The van der Waals surface area contributed by atoms with E-state index in [1.165, 1.54) is 12.1 Å². The lowest BCUT2D eigenvalue weighted by atomic mass is 10.1. The average Bonchev–Trinajstić information content (AvgIpc) is 2.37. The summed E-state index contributed by atoms with van der Waals surface area (Å²) in [5.74, 6) is -0.662. The van der Waals surface area contributed by atoms with Crippen molar-refractivity contribution >= 4 is 63.4 Å². The standard InChI is InChI=1S/C13H8Cl3FN2S/c14-6-1-2-11(8(3-6)13(18)20)19-7-4-9(15)12(17)10(16)5-7/h1-5,19H,(H2,18,20). The monoisotopic (exact) mass is 348 g/mol. The lowest BCUT2D eigenvalue weighted by Gasteiger charge is -2.12. The van der Waals surface area contributed by atoms with E-state index in [1.807, 2.05) is 0 Å². The van der Waals surface area contributed by atoms with E-state index in [4.69, 9.17) is 52.8 Å². The molecule has 20 heavy (non-hydrogen) atoms. The van der Waals surface area contributed by atoms with Crippen LogP contribution in [0.1, 0.15) is 5.56 Å². The minimum Gasteiger partial charge on any atom is -0.389 e. The van der Waals surface area contributed by atoms with E-state index in [-0.39, 0.29) is 15.0 Å². The van der Waals surface area contributed by atoms with Gasteiger partial charge in [0.1, 0.15) is 4.99 Å². The molecule has 3 N–H and O–H groups in total. The zero-order chi connectivity index (χ0) is 14.9. The van der Waals surface area contributed by atoms with Crippen molar-refractivity contribution in [1.29, 1.82) is 0 Å². The average molecular weight is 350 g/mol. The number of benzene rings is 2. The van der Waals surface area contributed by atoms with E-state index in [0.717, 1.165) is 0 Å². The molecule has 0 aliphatic rings. The molecule has 2 aromatic rings. The van der Waals surface area contributed by atoms with Crippen molar-refractivity contribution in [2.45, 2.75) is 0 Å². The van der Waals surface area contributed by atoms with Gasteiger partial charge in [-0.2, -0.15) is 0 Å². The highest BCUT2D eigenvalue weighted by molar-refractivity contribution is 7.80. The Balaban J connectivity index is 2.42. The van der Waals surface area contributed by atoms with Crippen molar-refractivity contribution in [3.05, 3.63) is 56.8 Å². The second kappa shape index (κ2) is 6.14. The number of thiocarbonyl (C=S) groups is 1. The molecule has 0 spiro atoms. The molecule has 0 saturated carbocycles. The van der Waals surface area contributed by atoms with E-state index in [9.17, 15) is 4.39 Å². The molecule has 0 saturated heterocycles. The molecule has 104 valence electrons. The van der Waals surface area contributed by atoms with Crippen molar-refractivity contribution < 1.29 is 4.39 Å². The van der Waals surface area contributed by atoms with Gasteiger partial charge in [0.15, 0.2) is 5.82 Å². The number of hydrogen-bond donors (Lipinski definition) is 2. The third kappa shape index (κ3) is 3.33. The van der Waals surface area contributed by atoms with Crippen LogP contribution in [0, 0.1) is 5.82 Å². The van der Waals surface area contributed by atoms with Crippen LogP contribution in [0.3, 0.4) is 0 Å². The highest BCUT2D eigenvalue weighted by atomic mass is 35.5. The quantitative estimate of drug-likeness (QED) is 0.593. The molecule has 2 nitrogen and oxygen atoms in total. The fraction of sp³-hybridized carbons (Fsp3) is 0. The number of nitrogens with one attached hydrogen (secondary N) is 1. The molecule has 0 aliphatic heterocycles. The Morgan fingerprint density at radius 1 is 1.10 bits per heavy atom. The highest BCUT2D eigenvalue weighted by Gasteiger charge is 2.10. The molecular formula is C13H8Cl3FN2S. The van der Waals surface area contributed by atoms with E-state index in [2.05, 4.69) is 5.32 Å². The Hall–Kier alpha value is -1.07. The summed E-state index contributed by atoms with van der Waals surface area (Å²) in [5.41, 5.74) is 7.36. The third-order valence-electron chi connectivity index (χ3n) is 2.51. The zero-order valence-electron chi connectivity index (χ0n) is 9.88. The summed E-state index contributed by atoms with van der Waals surface area (Å²) in [5, 5.41) is 3.38. The second-order valence-electron chi connectivity index (χ2n) is 3.93. The molecule has 0 amide bonds. The second-order valence-corrected chi connectivity index (χ2v) is 5.62. The number of halogens is 4. The number of rotatable bonds is 3. The van der Waals surface area contributed by atoms with Gasteiger partial charge in [-0.05, 0) is 30.3 Å². The number of nitrogens with two attached hydrogens (primary N) is 1. The third-order valence-corrected chi connectivity index (χ3v) is 3.51. The minimum absolute atomic E-state index is 0.0779. The first-order valence-corrected chi connectivity index (χ1v) is 6.93. The Morgan fingerprint density at radius 2 is 1.70 bits per heavy atom. The molecule has 7 heteroatoms. The fourth-order valence-electron chi connectivity index (χ4n) is 1.61. The normalized spacial score (nSPS) is 10.4. The largest absolute Gasteiger partial charge is 0.389 e. The molecule has 2 rings (SSSR count). The first-order chi connectivity index (χ1) is 9.38. The summed E-state index contributed by atoms with van der Waals surface area (Å²) >= 11 is 22.3. The van der Waals surface area contributed by atoms with Crippen LogP contribution in [-0.4, -0.2) is 4.99 Å². The Labute approximate surface area is 135 Å². The van der Waals surface area contributed by atoms with Crippen LogP contribution < -0.4 is 11.1 Å². The molecule has 2 aromatic carbocycles. The Kier molecular flexibility index (Phi) is 4.70. The summed E-state index contributed by atoms with van der Waals surface area (Å²) in [7, 11) is 0. The van der Waals surface area contributed by atoms with Gasteiger partial charge in [-0.15, -0.1) is 0 Å². The van der Waals surface area contributed by atoms with Gasteiger partial charge in [-0.25, -0.2) is 4.39 Å². The predicted octanol–water partition coefficient (Wildman–Crippen LogP) is 5.16. The zero-order valence-corrected chi connectivity index (χ0v) is 13.0. The van der Waals surface area contributed by atoms with E-state index >= 15 is 0 Å². The first kappa shape index (κ1) is 15.3. The van der Waals surface area contributed by atoms with Gasteiger partial charge < -0.3 is 11.1 Å². The van der Waals surface area contributed by atoms with Crippen LogP contribution in [0.25, 0.3) is 0 Å². The van der Waals surface area contributed by atoms with Gasteiger partial charge >= 0.3 is 0 Å². The number of hydrogen-bond acceptors (Lipinski definition) is 2. The maximum absolute atomic E-state index is 13.4. The summed E-state index contributed by atoms with van der Waals surface area (Å²) in [6, 6.07) is 7.86. The lowest BCUT2D eigenvalue weighted by molar-refractivity contribution is 0.629. The fourth-order valence-corrected chi connectivity index (χ4v) is 2.44. The maximum Gasteiger partial charge on any atom is 0.160 e. The summed E-state index contributed by atoms with van der Waals surface area (Å²) in [6.45, 7) is 0. The first-order valence-electron chi connectivity index (χ1n) is 5.39. The van der Waals surface area contributed by atoms with Crippen molar-refractivity contribution in [1.82, 2.24) is 0 Å². The molecule has 0 atom stereocenters. The molecule has 0 unspecified atom stereocenters. The maximum atomic E-state index is 13.4. The van der Waals surface area contributed by atoms with E-state index in [0.29, 0.717) is 22.0 Å². The lowest BCUT2D eigenvalue weighted by Crippen LogP contribution is -2.12. The van der Waals surface area contributed by atoms with Crippen LogP contribution in [0.5, 0.6) is 0 Å². The van der Waals surface area contributed by atoms with Crippen LogP contribution in [0.2, 0.25) is 15.1 Å². The molecule has 0 aromatic heterocycles. The molecular weight excluding hydrogens is 342 g/mol. The van der Waals surface area contributed by atoms with E-state index < -0.39 is 5.82 Å². The summed E-state index contributed by atoms with van der Waals surface area (Å²) in [6.07, 6.45) is 0. The topological polar surface area (TPSA) is 38.0 Å². The van der Waals surface area contributed by atoms with Gasteiger partial charge in [0, 0.05) is 22.0 Å². The van der Waals surface area contributed by atoms with Crippen LogP contribution in [-0.2, 0) is 0 Å². The van der Waals surface area contributed by atoms with Gasteiger partial charge in [0.2, 0.25) is 0 Å². The Bertz CT molecular complexity index is 668. The van der Waals surface area contributed by atoms with Crippen LogP contribution in [0.15, 0.2) is 30.3 Å². The molecule has 0 aliphatic carbocycles. The van der Waals surface area contributed by atoms with Gasteiger partial charge in [0.05, 0.1) is 10.0 Å². The van der Waals surface area contributed by atoms with Gasteiger partial charge in [0.25, 0.3) is 0 Å². The van der Waals surface area contributed by atoms with Crippen molar-refractivity contribution in [3.63, 3.8) is 0 Å².